The molecule has 2 aromatic carbocycles. The molecule has 118 valence electrons. The number of carbonyl (C=O) groups excluding carboxylic acids is 1. The predicted octanol–water partition coefficient (Wildman–Crippen LogP) is 2.58. The molecule has 0 aliphatic rings. The van der Waals surface area contributed by atoms with Crippen LogP contribution in [-0.4, -0.2) is 28.8 Å². The first-order chi connectivity index (χ1) is 11.3. The second-order valence-electron chi connectivity index (χ2n) is 4.83. The third kappa shape index (κ3) is 3.60. The van der Waals surface area contributed by atoms with E-state index in [4.69, 9.17) is 9.47 Å². The summed E-state index contributed by atoms with van der Waals surface area (Å²) in [7, 11) is 0. The number of aromatic nitrogens is 2. The fourth-order valence-electron chi connectivity index (χ4n) is 2.16. The Morgan fingerprint density at radius 1 is 1.09 bits per heavy atom. The van der Waals surface area contributed by atoms with Gasteiger partial charge in [-0.05, 0) is 43.3 Å². The van der Waals surface area contributed by atoms with Gasteiger partial charge in [0.2, 0.25) is 0 Å². The van der Waals surface area contributed by atoms with E-state index in [1.807, 2.05) is 31.2 Å². The molecule has 1 N–H and O–H groups in total. The maximum absolute atomic E-state index is 12.0. The molecule has 0 unspecified atom stereocenters. The molecule has 1 heterocycles. The lowest BCUT2D eigenvalue weighted by Crippen LogP contribution is -2.27. The summed E-state index contributed by atoms with van der Waals surface area (Å²) in [5, 5.41) is 0. The van der Waals surface area contributed by atoms with Crippen molar-refractivity contribution in [3.63, 3.8) is 0 Å². The van der Waals surface area contributed by atoms with Crippen molar-refractivity contribution < 1.29 is 14.3 Å². The van der Waals surface area contributed by atoms with Crippen molar-refractivity contribution in [1.82, 2.24) is 9.66 Å². The van der Waals surface area contributed by atoms with Gasteiger partial charge < -0.3 is 9.47 Å². The summed E-state index contributed by atoms with van der Waals surface area (Å²) in [6.45, 7) is 2.45. The largest absolute Gasteiger partial charge is 0.494 e. The number of hydrogen-bond acceptors (Lipinski definition) is 4. The number of benzene rings is 2. The van der Waals surface area contributed by atoms with Crippen LogP contribution in [0.5, 0.6) is 11.5 Å². The third-order valence-corrected chi connectivity index (χ3v) is 3.20. The van der Waals surface area contributed by atoms with Crippen molar-refractivity contribution in [1.29, 1.82) is 0 Å². The molecular weight excluding hydrogens is 294 g/mol. The lowest BCUT2D eigenvalue weighted by Gasteiger charge is -2.09. The molecule has 1 amide bonds. The van der Waals surface area contributed by atoms with Crippen molar-refractivity contribution in [2.24, 2.45) is 0 Å². The second-order valence-corrected chi connectivity index (χ2v) is 4.83. The van der Waals surface area contributed by atoms with E-state index in [1.54, 1.807) is 35.3 Å². The highest BCUT2D eigenvalue weighted by molar-refractivity contribution is 5.87. The minimum Gasteiger partial charge on any atom is -0.494 e. The molecule has 6 nitrogen and oxygen atoms in total. The number of nitrogens with zero attached hydrogens (tertiary/aromatic N) is 2. The maximum atomic E-state index is 12.0. The zero-order chi connectivity index (χ0) is 16.1. The minimum absolute atomic E-state index is 0.0828. The summed E-state index contributed by atoms with van der Waals surface area (Å²) < 4.78 is 12.4. The van der Waals surface area contributed by atoms with E-state index in [0.29, 0.717) is 12.4 Å². The van der Waals surface area contributed by atoms with E-state index in [2.05, 4.69) is 10.4 Å². The van der Waals surface area contributed by atoms with Crippen molar-refractivity contribution in [2.45, 2.75) is 6.92 Å². The van der Waals surface area contributed by atoms with Crippen molar-refractivity contribution in [3.8, 4) is 11.5 Å². The van der Waals surface area contributed by atoms with Crippen molar-refractivity contribution >= 4 is 16.9 Å². The Hall–Kier alpha value is -3.02. The van der Waals surface area contributed by atoms with Gasteiger partial charge in [0, 0.05) is 0 Å². The second kappa shape index (κ2) is 6.83. The lowest BCUT2D eigenvalue weighted by molar-refractivity contribution is -0.119. The van der Waals surface area contributed by atoms with Crippen LogP contribution in [0.2, 0.25) is 0 Å². The maximum Gasteiger partial charge on any atom is 0.276 e. The highest BCUT2D eigenvalue weighted by Gasteiger charge is 2.07. The number of hydrogen-bond donors (Lipinski definition) is 1. The molecule has 6 heteroatoms. The van der Waals surface area contributed by atoms with Gasteiger partial charge in [-0.1, -0.05) is 12.1 Å². The van der Waals surface area contributed by atoms with Gasteiger partial charge in [-0.2, -0.15) is 0 Å². The Labute approximate surface area is 133 Å². The van der Waals surface area contributed by atoms with Gasteiger partial charge in [0.1, 0.15) is 17.8 Å². The zero-order valence-corrected chi connectivity index (χ0v) is 12.7. The molecule has 0 spiro atoms. The van der Waals surface area contributed by atoms with Crippen LogP contribution in [0.15, 0.2) is 54.9 Å². The molecule has 3 rings (SSSR count). The lowest BCUT2D eigenvalue weighted by atomic mass is 10.3. The number of nitrogens with one attached hydrogen (secondary N) is 1. The van der Waals surface area contributed by atoms with E-state index in [1.165, 1.54) is 0 Å². The number of carbonyl (C=O) groups is 1. The molecule has 0 aliphatic heterocycles. The minimum atomic E-state index is -0.262. The van der Waals surface area contributed by atoms with Crippen LogP contribution >= 0.6 is 0 Å². The quantitative estimate of drug-likeness (QED) is 0.760. The van der Waals surface area contributed by atoms with Crippen LogP contribution in [0, 0.1) is 0 Å². The molecule has 0 saturated carbocycles. The van der Waals surface area contributed by atoms with E-state index in [0.717, 1.165) is 16.8 Å². The Morgan fingerprint density at radius 2 is 1.78 bits per heavy atom. The van der Waals surface area contributed by atoms with Gasteiger partial charge in [0.15, 0.2) is 6.61 Å². The van der Waals surface area contributed by atoms with E-state index in [9.17, 15) is 4.79 Å². The summed E-state index contributed by atoms with van der Waals surface area (Å²) in [5.41, 5.74) is 4.39. The first-order valence-corrected chi connectivity index (χ1v) is 7.34. The van der Waals surface area contributed by atoms with Crippen molar-refractivity contribution in [3.05, 3.63) is 54.9 Å². The van der Waals surface area contributed by atoms with E-state index in [-0.39, 0.29) is 12.5 Å². The SMILES string of the molecule is CCOc1ccc(OCC(=O)Nn2cnc3ccccc32)cc1. The zero-order valence-electron chi connectivity index (χ0n) is 12.7. The highest BCUT2D eigenvalue weighted by atomic mass is 16.5. The van der Waals surface area contributed by atoms with Gasteiger partial charge in [0.05, 0.1) is 17.6 Å². The smallest absolute Gasteiger partial charge is 0.276 e. The average molecular weight is 311 g/mol. The standard InChI is InChI=1S/C17H17N3O3/c1-2-22-13-7-9-14(10-8-13)23-11-17(21)19-20-12-18-15-5-3-4-6-16(15)20/h3-10,12H,2,11H2,1H3,(H,19,21). The number of rotatable bonds is 6. The van der Waals surface area contributed by atoms with Gasteiger partial charge >= 0.3 is 0 Å². The molecule has 0 aliphatic carbocycles. The Balaban J connectivity index is 1.57. The molecule has 3 aromatic rings. The Kier molecular flexibility index (Phi) is 4.42. The van der Waals surface area contributed by atoms with Crippen LogP contribution in [0.1, 0.15) is 6.92 Å². The Morgan fingerprint density at radius 3 is 2.52 bits per heavy atom. The summed E-state index contributed by atoms with van der Waals surface area (Å²) in [6, 6.07) is 14.7. The molecule has 0 fully saturated rings. The molecular formula is C17H17N3O3. The van der Waals surface area contributed by atoms with Gasteiger partial charge in [-0.3, -0.25) is 10.2 Å². The summed E-state index contributed by atoms with van der Waals surface area (Å²) in [5.74, 6) is 1.12. The number of fused-ring (bicyclic) bond motifs is 1. The van der Waals surface area contributed by atoms with Crippen LogP contribution < -0.4 is 14.9 Å². The summed E-state index contributed by atoms with van der Waals surface area (Å²) in [6.07, 6.45) is 1.57. The average Bonchev–Trinajstić information content (AvgIpc) is 2.98. The van der Waals surface area contributed by atoms with Gasteiger partial charge in [-0.15, -0.1) is 0 Å². The highest BCUT2D eigenvalue weighted by Crippen LogP contribution is 2.17. The topological polar surface area (TPSA) is 65.4 Å². The molecule has 23 heavy (non-hydrogen) atoms. The fraction of sp³-hybridized carbons (Fsp3) is 0.176. The number of para-hydroxylation sites is 2. The summed E-state index contributed by atoms with van der Waals surface area (Å²) >= 11 is 0. The first-order valence-electron chi connectivity index (χ1n) is 7.34. The first kappa shape index (κ1) is 14.9. The number of amides is 1. The molecule has 0 radical (unpaired) electrons. The monoisotopic (exact) mass is 311 g/mol. The normalized spacial score (nSPS) is 10.5. The predicted molar refractivity (Wildman–Crippen MR) is 87.2 cm³/mol. The van der Waals surface area contributed by atoms with E-state index < -0.39 is 0 Å². The molecule has 1 aromatic heterocycles. The number of ether oxygens (including phenoxy) is 2. The van der Waals surface area contributed by atoms with Crippen LogP contribution in [0.4, 0.5) is 0 Å². The molecule has 0 atom stereocenters. The van der Waals surface area contributed by atoms with Gasteiger partial charge in [-0.25, -0.2) is 9.66 Å². The summed E-state index contributed by atoms with van der Waals surface area (Å²) in [4.78, 5) is 16.2. The Bertz CT molecular complexity index is 796. The van der Waals surface area contributed by atoms with Crippen LogP contribution in [0.25, 0.3) is 11.0 Å². The van der Waals surface area contributed by atoms with Crippen LogP contribution in [-0.2, 0) is 4.79 Å². The van der Waals surface area contributed by atoms with Crippen molar-refractivity contribution in [2.75, 3.05) is 18.6 Å². The van der Waals surface area contributed by atoms with Crippen LogP contribution in [0.3, 0.4) is 0 Å². The molecule has 0 saturated heterocycles. The van der Waals surface area contributed by atoms with E-state index >= 15 is 0 Å². The fourth-order valence-corrected chi connectivity index (χ4v) is 2.16. The van der Waals surface area contributed by atoms with Gasteiger partial charge in [0.25, 0.3) is 5.91 Å². The number of imidazole rings is 1. The molecule has 0 bridgehead atoms. The third-order valence-electron chi connectivity index (χ3n) is 3.20.